The van der Waals surface area contributed by atoms with Gasteiger partial charge in [-0.05, 0) is 33.6 Å². The van der Waals surface area contributed by atoms with Gasteiger partial charge in [0.05, 0.1) is 17.8 Å². The molecule has 0 bridgehead atoms. The highest BCUT2D eigenvalue weighted by molar-refractivity contribution is 5.88. The predicted octanol–water partition coefficient (Wildman–Crippen LogP) is 1.77. The van der Waals surface area contributed by atoms with E-state index in [2.05, 4.69) is 16.5 Å². The molecule has 1 fully saturated rings. The average Bonchev–Trinajstić information content (AvgIpc) is 3.01. The van der Waals surface area contributed by atoms with Gasteiger partial charge in [-0.1, -0.05) is 5.16 Å². The molecule has 90 valence electrons. The summed E-state index contributed by atoms with van der Waals surface area (Å²) in [5.41, 5.74) is 0.886. The average molecular weight is 233 g/mol. The maximum atomic E-state index is 11.9. The summed E-state index contributed by atoms with van der Waals surface area (Å²) in [5, 5.41) is 15.6. The summed E-state index contributed by atoms with van der Waals surface area (Å²) < 4.78 is 5.06. The van der Waals surface area contributed by atoms with Crippen LogP contribution in [-0.2, 0) is 4.79 Å². The molecule has 0 aliphatic heterocycles. The standard InChI is InChI=1S/C12H15N3O2/c1-7(10-8(2)15-17-9(10)3)14-11(16)12(6-13)4-5-12/h7H,4-5H2,1-3H3,(H,14,16). The Balaban J connectivity index is 2.11. The van der Waals surface area contributed by atoms with Crippen molar-refractivity contribution in [1.82, 2.24) is 10.5 Å². The number of nitriles is 1. The number of nitrogens with one attached hydrogen (secondary N) is 1. The lowest BCUT2D eigenvalue weighted by Crippen LogP contribution is -2.33. The molecule has 1 amide bonds. The molecule has 5 nitrogen and oxygen atoms in total. The molecule has 5 heteroatoms. The quantitative estimate of drug-likeness (QED) is 0.862. The molecule has 0 spiro atoms. The van der Waals surface area contributed by atoms with E-state index >= 15 is 0 Å². The lowest BCUT2D eigenvalue weighted by Gasteiger charge is -2.15. The summed E-state index contributed by atoms with van der Waals surface area (Å²) in [5.74, 6) is 0.518. The van der Waals surface area contributed by atoms with Crippen LogP contribution in [0.1, 0.15) is 42.8 Å². The molecule has 1 saturated carbocycles. The largest absolute Gasteiger partial charge is 0.361 e. The van der Waals surface area contributed by atoms with Crippen LogP contribution in [0.25, 0.3) is 0 Å². The van der Waals surface area contributed by atoms with Crippen molar-refractivity contribution in [3.05, 3.63) is 17.0 Å². The van der Waals surface area contributed by atoms with Crippen molar-refractivity contribution < 1.29 is 9.32 Å². The highest BCUT2D eigenvalue weighted by Gasteiger charge is 2.51. The molecule has 1 aromatic heterocycles. The topological polar surface area (TPSA) is 78.9 Å². The van der Waals surface area contributed by atoms with Crippen LogP contribution in [0, 0.1) is 30.6 Å². The molecule has 0 aromatic carbocycles. The lowest BCUT2D eigenvalue weighted by molar-refractivity contribution is -0.125. The van der Waals surface area contributed by atoms with Crippen LogP contribution in [-0.4, -0.2) is 11.1 Å². The number of rotatable bonds is 3. The lowest BCUT2D eigenvalue weighted by atomic mass is 10.0. The fourth-order valence-corrected chi connectivity index (χ4v) is 2.03. The molecular weight excluding hydrogens is 218 g/mol. The molecule has 1 aliphatic carbocycles. The van der Waals surface area contributed by atoms with E-state index in [1.807, 2.05) is 20.8 Å². The summed E-state index contributed by atoms with van der Waals surface area (Å²) in [7, 11) is 0. The minimum atomic E-state index is -0.784. The third kappa shape index (κ3) is 1.91. The van der Waals surface area contributed by atoms with Gasteiger partial charge < -0.3 is 9.84 Å². The minimum Gasteiger partial charge on any atom is -0.361 e. The first-order valence-electron chi connectivity index (χ1n) is 5.65. The Hall–Kier alpha value is -1.83. The highest BCUT2D eigenvalue weighted by Crippen LogP contribution is 2.45. The second-order valence-electron chi connectivity index (χ2n) is 4.63. The smallest absolute Gasteiger partial charge is 0.240 e. The van der Waals surface area contributed by atoms with Crippen LogP contribution in [0.4, 0.5) is 0 Å². The van der Waals surface area contributed by atoms with Crippen molar-refractivity contribution in [2.24, 2.45) is 5.41 Å². The van der Waals surface area contributed by atoms with E-state index < -0.39 is 5.41 Å². The number of hydrogen-bond acceptors (Lipinski definition) is 4. The van der Waals surface area contributed by atoms with Gasteiger partial charge in [0.25, 0.3) is 0 Å². The molecule has 1 heterocycles. The van der Waals surface area contributed by atoms with Crippen molar-refractivity contribution in [2.45, 2.75) is 39.7 Å². The number of amides is 1. The summed E-state index contributed by atoms with van der Waals surface area (Å²) >= 11 is 0. The van der Waals surface area contributed by atoms with Crippen LogP contribution in [0.3, 0.4) is 0 Å². The van der Waals surface area contributed by atoms with Crippen molar-refractivity contribution in [2.75, 3.05) is 0 Å². The van der Waals surface area contributed by atoms with Crippen molar-refractivity contribution >= 4 is 5.91 Å². The monoisotopic (exact) mass is 233 g/mol. The van der Waals surface area contributed by atoms with Gasteiger partial charge in [-0.15, -0.1) is 0 Å². The minimum absolute atomic E-state index is 0.181. The van der Waals surface area contributed by atoms with E-state index in [0.29, 0.717) is 18.6 Å². The third-order valence-corrected chi connectivity index (χ3v) is 3.27. The van der Waals surface area contributed by atoms with E-state index in [1.54, 1.807) is 0 Å². The van der Waals surface area contributed by atoms with Crippen molar-refractivity contribution in [1.29, 1.82) is 5.26 Å². The summed E-state index contributed by atoms with van der Waals surface area (Å²) in [6.07, 6.45) is 1.31. The van der Waals surface area contributed by atoms with Crippen LogP contribution in [0.5, 0.6) is 0 Å². The van der Waals surface area contributed by atoms with Crippen LogP contribution in [0.2, 0.25) is 0 Å². The predicted molar refractivity (Wildman–Crippen MR) is 59.8 cm³/mol. The number of carbonyl (C=O) groups excluding carboxylic acids is 1. The Morgan fingerprint density at radius 1 is 1.59 bits per heavy atom. The maximum absolute atomic E-state index is 11.9. The number of aromatic nitrogens is 1. The molecule has 0 radical (unpaired) electrons. The first-order valence-corrected chi connectivity index (χ1v) is 5.65. The molecule has 1 aromatic rings. The van der Waals surface area contributed by atoms with Crippen LogP contribution < -0.4 is 5.32 Å². The summed E-state index contributed by atoms with van der Waals surface area (Å²) in [6.45, 7) is 5.53. The molecule has 1 N–H and O–H groups in total. The van der Waals surface area contributed by atoms with Gasteiger partial charge in [0, 0.05) is 5.56 Å². The van der Waals surface area contributed by atoms with Crippen LogP contribution >= 0.6 is 0 Å². The zero-order chi connectivity index (χ0) is 12.6. The zero-order valence-electron chi connectivity index (χ0n) is 10.2. The van der Waals surface area contributed by atoms with Crippen molar-refractivity contribution in [3.63, 3.8) is 0 Å². The number of nitrogens with zero attached hydrogens (tertiary/aromatic N) is 2. The molecule has 0 saturated heterocycles. The fourth-order valence-electron chi connectivity index (χ4n) is 2.03. The van der Waals surface area contributed by atoms with E-state index in [0.717, 1.165) is 11.3 Å². The molecule has 17 heavy (non-hydrogen) atoms. The maximum Gasteiger partial charge on any atom is 0.240 e. The van der Waals surface area contributed by atoms with E-state index in [9.17, 15) is 4.79 Å². The Bertz CT molecular complexity index is 475. The second-order valence-corrected chi connectivity index (χ2v) is 4.63. The van der Waals surface area contributed by atoms with Crippen LogP contribution in [0.15, 0.2) is 4.52 Å². The first kappa shape index (κ1) is 11.6. The molecule has 1 atom stereocenters. The van der Waals surface area contributed by atoms with Gasteiger partial charge >= 0.3 is 0 Å². The highest BCUT2D eigenvalue weighted by atomic mass is 16.5. The molecule has 2 rings (SSSR count). The SMILES string of the molecule is Cc1noc(C)c1C(C)NC(=O)C1(C#N)CC1. The first-order chi connectivity index (χ1) is 8.00. The van der Waals surface area contributed by atoms with Gasteiger partial charge in [0.1, 0.15) is 11.2 Å². The van der Waals surface area contributed by atoms with Gasteiger partial charge in [-0.25, -0.2) is 0 Å². The van der Waals surface area contributed by atoms with Gasteiger partial charge in [0.15, 0.2) is 0 Å². The van der Waals surface area contributed by atoms with Gasteiger partial charge in [0.2, 0.25) is 5.91 Å². The van der Waals surface area contributed by atoms with E-state index in [1.165, 1.54) is 0 Å². The Morgan fingerprint density at radius 3 is 2.65 bits per heavy atom. The molecular formula is C12H15N3O2. The number of hydrogen-bond donors (Lipinski definition) is 1. The Labute approximate surface area is 99.8 Å². The van der Waals surface area contributed by atoms with Gasteiger partial charge in [-0.2, -0.15) is 5.26 Å². The second kappa shape index (κ2) is 3.88. The van der Waals surface area contributed by atoms with E-state index in [4.69, 9.17) is 9.78 Å². The third-order valence-electron chi connectivity index (χ3n) is 3.27. The molecule has 1 unspecified atom stereocenters. The van der Waals surface area contributed by atoms with Gasteiger partial charge in [-0.3, -0.25) is 4.79 Å². The Morgan fingerprint density at radius 2 is 2.24 bits per heavy atom. The fraction of sp³-hybridized carbons (Fsp3) is 0.583. The molecule has 1 aliphatic rings. The van der Waals surface area contributed by atoms with Crippen molar-refractivity contribution in [3.8, 4) is 6.07 Å². The summed E-state index contributed by atoms with van der Waals surface area (Å²) in [4.78, 5) is 11.9. The summed E-state index contributed by atoms with van der Waals surface area (Å²) in [6, 6.07) is 1.90. The normalized spacial score (nSPS) is 18.2. The van der Waals surface area contributed by atoms with E-state index in [-0.39, 0.29) is 11.9 Å². The zero-order valence-corrected chi connectivity index (χ0v) is 10.2. The number of carbonyl (C=O) groups is 1. The number of aryl methyl sites for hydroxylation is 2. The Kier molecular flexibility index (Phi) is 2.66.